The lowest BCUT2D eigenvalue weighted by molar-refractivity contribution is 0.412. The summed E-state index contributed by atoms with van der Waals surface area (Å²) in [5, 5.41) is 0. The quantitative estimate of drug-likeness (QED) is 0.717. The lowest BCUT2D eigenvalue weighted by Crippen LogP contribution is -2.22. The molecule has 0 amide bonds. The van der Waals surface area contributed by atoms with Crippen LogP contribution in [0.25, 0.3) is 0 Å². The van der Waals surface area contributed by atoms with Gasteiger partial charge in [0.05, 0.1) is 28.0 Å². The molecule has 0 N–H and O–H groups in total. The molecular formula is C12H10BrIN2O2. The van der Waals surface area contributed by atoms with Crippen molar-refractivity contribution in [1.29, 1.82) is 0 Å². The van der Waals surface area contributed by atoms with E-state index in [9.17, 15) is 4.79 Å². The highest BCUT2D eigenvalue weighted by molar-refractivity contribution is 14.1. The normalized spacial score (nSPS) is 10.4. The van der Waals surface area contributed by atoms with Crippen LogP contribution in [0.2, 0.25) is 0 Å². The van der Waals surface area contributed by atoms with Gasteiger partial charge in [-0.3, -0.25) is 9.36 Å². The summed E-state index contributed by atoms with van der Waals surface area (Å²) >= 11 is 5.41. The van der Waals surface area contributed by atoms with Gasteiger partial charge in [-0.05, 0) is 56.2 Å². The first-order chi connectivity index (χ1) is 8.61. The summed E-state index contributed by atoms with van der Waals surface area (Å²) in [6.45, 7) is 0.491. The van der Waals surface area contributed by atoms with Crippen LogP contribution in [0.3, 0.4) is 0 Å². The van der Waals surface area contributed by atoms with Crippen molar-refractivity contribution in [3.05, 3.63) is 54.7 Å². The van der Waals surface area contributed by atoms with Crippen LogP contribution in [-0.2, 0) is 6.54 Å². The minimum atomic E-state index is -0.0301. The van der Waals surface area contributed by atoms with Gasteiger partial charge >= 0.3 is 0 Å². The van der Waals surface area contributed by atoms with Gasteiger partial charge in [0.15, 0.2) is 0 Å². The summed E-state index contributed by atoms with van der Waals surface area (Å²) in [5.74, 6) is 0.770. The first-order valence-electron chi connectivity index (χ1n) is 5.14. The van der Waals surface area contributed by atoms with E-state index >= 15 is 0 Å². The molecular weight excluding hydrogens is 411 g/mol. The maximum atomic E-state index is 11.9. The Morgan fingerprint density at radius 1 is 1.50 bits per heavy atom. The molecule has 6 heteroatoms. The fourth-order valence-corrected chi connectivity index (χ4v) is 2.60. The second-order valence-corrected chi connectivity index (χ2v) is 5.66. The number of benzene rings is 1. The van der Waals surface area contributed by atoms with E-state index < -0.39 is 0 Å². The molecule has 0 aliphatic carbocycles. The SMILES string of the molecule is COc1ccc(Cn2cncc(I)c2=O)cc1Br. The Labute approximate surface area is 126 Å². The summed E-state index contributed by atoms with van der Waals surface area (Å²) < 4.78 is 8.23. The monoisotopic (exact) mass is 420 g/mol. The number of methoxy groups -OCH3 is 1. The van der Waals surface area contributed by atoms with Gasteiger partial charge in [-0.1, -0.05) is 6.07 Å². The van der Waals surface area contributed by atoms with Gasteiger partial charge in [-0.2, -0.15) is 0 Å². The summed E-state index contributed by atoms with van der Waals surface area (Å²) in [6, 6.07) is 5.73. The molecule has 94 valence electrons. The van der Waals surface area contributed by atoms with Gasteiger partial charge in [0.25, 0.3) is 5.56 Å². The van der Waals surface area contributed by atoms with Gasteiger partial charge in [0.1, 0.15) is 5.75 Å². The minimum Gasteiger partial charge on any atom is -0.496 e. The van der Waals surface area contributed by atoms with E-state index in [4.69, 9.17) is 4.74 Å². The predicted octanol–water partition coefficient (Wildman–Crippen LogP) is 2.67. The Hall–Kier alpha value is -0.890. The smallest absolute Gasteiger partial charge is 0.267 e. The van der Waals surface area contributed by atoms with Crippen molar-refractivity contribution in [3.8, 4) is 5.75 Å². The van der Waals surface area contributed by atoms with Gasteiger partial charge in [-0.15, -0.1) is 0 Å². The number of hydrogen-bond acceptors (Lipinski definition) is 3. The molecule has 0 aliphatic heterocycles. The Balaban J connectivity index is 2.32. The molecule has 18 heavy (non-hydrogen) atoms. The second-order valence-electron chi connectivity index (χ2n) is 3.64. The van der Waals surface area contributed by atoms with Crippen LogP contribution in [0, 0.1) is 3.57 Å². The van der Waals surface area contributed by atoms with Crippen molar-refractivity contribution in [2.45, 2.75) is 6.54 Å². The van der Waals surface area contributed by atoms with Crippen LogP contribution < -0.4 is 10.3 Å². The van der Waals surface area contributed by atoms with Crippen LogP contribution in [0.5, 0.6) is 5.75 Å². The van der Waals surface area contributed by atoms with Gasteiger partial charge < -0.3 is 4.74 Å². The highest BCUT2D eigenvalue weighted by atomic mass is 127. The van der Waals surface area contributed by atoms with Gasteiger partial charge in [0.2, 0.25) is 0 Å². The van der Waals surface area contributed by atoms with Gasteiger partial charge in [0, 0.05) is 6.20 Å². The average molecular weight is 421 g/mol. The average Bonchev–Trinajstić information content (AvgIpc) is 2.35. The maximum absolute atomic E-state index is 11.9. The number of hydrogen-bond donors (Lipinski definition) is 0. The molecule has 0 saturated heterocycles. The Morgan fingerprint density at radius 3 is 2.94 bits per heavy atom. The van der Waals surface area contributed by atoms with Gasteiger partial charge in [-0.25, -0.2) is 4.98 Å². The molecule has 0 spiro atoms. The lowest BCUT2D eigenvalue weighted by Gasteiger charge is -2.08. The molecule has 0 bridgehead atoms. The zero-order valence-corrected chi connectivity index (χ0v) is 13.3. The molecule has 4 nitrogen and oxygen atoms in total. The van der Waals surface area contributed by atoms with Crippen molar-refractivity contribution in [1.82, 2.24) is 9.55 Å². The standard InChI is InChI=1S/C12H10BrIN2O2/c1-18-11-3-2-8(4-9(11)13)6-16-7-15-5-10(14)12(16)17/h2-5,7H,6H2,1H3. The summed E-state index contributed by atoms with van der Waals surface area (Å²) in [6.07, 6.45) is 3.10. The van der Waals surface area contributed by atoms with Crippen LogP contribution in [0.1, 0.15) is 5.56 Å². The molecule has 1 heterocycles. The topological polar surface area (TPSA) is 44.1 Å². The van der Waals surface area contributed by atoms with E-state index in [2.05, 4.69) is 20.9 Å². The zero-order chi connectivity index (χ0) is 13.1. The Morgan fingerprint density at radius 2 is 2.28 bits per heavy atom. The first-order valence-corrected chi connectivity index (χ1v) is 7.01. The van der Waals surface area contributed by atoms with Crippen molar-refractivity contribution in [2.24, 2.45) is 0 Å². The molecule has 0 atom stereocenters. The highest BCUT2D eigenvalue weighted by Crippen LogP contribution is 2.25. The lowest BCUT2D eigenvalue weighted by atomic mass is 10.2. The third-order valence-corrected chi connectivity index (χ3v) is 3.79. The van der Waals surface area contributed by atoms with Crippen LogP contribution in [0.4, 0.5) is 0 Å². The third-order valence-electron chi connectivity index (χ3n) is 2.43. The molecule has 0 fully saturated rings. The highest BCUT2D eigenvalue weighted by Gasteiger charge is 2.05. The van der Waals surface area contributed by atoms with Crippen molar-refractivity contribution in [3.63, 3.8) is 0 Å². The maximum Gasteiger partial charge on any atom is 0.267 e. The van der Waals surface area contributed by atoms with Crippen molar-refractivity contribution >= 4 is 38.5 Å². The molecule has 0 unspecified atom stereocenters. The van der Waals surface area contributed by atoms with E-state index in [1.54, 1.807) is 24.2 Å². The molecule has 0 saturated carbocycles. The predicted molar refractivity (Wildman–Crippen MR) is 81.0 cm³/mol. The summed E-state index contributed by atoms with van der Waals surface area (Å²) in [7, 11) is 1.62. The van der Waals surface area contributed by atoms with Crippen molar-refractivity contribution in [2.75, 3.05) is 7.11 Å². The minimum absolute atomic E-state index is 0.0301. The molecule has 2 rings (SSSR count). The molecule has 1 aromatic heterocycles. The molecule has 2 aromatic rings. The Bertz CT molecular complexity index is 628. The second kappa shape index (κ2) is 5.83. The summed E-state index contributed by atoms with van der Waals surface area (Å²) in [4.78, 5) is 15.9. The van der Waals surface area contributed by atoms with E-state index in [-0.39, 0.29) is 5.56 Å². The molecule has 0 aliphatic rings. The summed E-state index contributed by atoms with van der Waals surface area (Å²) in [5.41, 5.74) is 0.978. The number of rotatable bonds is 3. The van der Waals surface area contributed by atoms with E-state index in [0.29, 0.717) is 10.1 Å². The third kappa shape index (κ3) is 2.92. The number of halogens is 2. The fraction of sp³-hybridized carbons (Fsp3) is 0.167. The molecule has 1 aromatic carbocycles. The zero-order valence-electron chi connectivity index (χ0n) is 9.56. The largest absolute Gasteiger partial charge is 0.496 e. The van der Waals surface area contributed by atoms with Crippen LogP contribution in [-0.4, -0.2) is 16.7 Å². The number of nitrogens with zero attached hydrogens (tertiary/aromatic N) is 2. The fourth-order valence-electron chi connectivity index (χ4n) is 1.54. The molecule has 0 radical (unpaired) electrons. The van der Waals surface area contributed by atoms with Crippen LogP contribution >= 0.6 is 38.5 Å². The van der Waals surface area contributed by atoms with Crippen molar-refractivity contribution < 1.29 is 4.74 Å². The first kappa shape index (κ1) is 13.5. The van der Waals surface area contributed by atoms with E-state index in [0.717, 1.165) is 15.8 Å². The number of aromatic nitrogens is 2. The van der Waals surface area contributed by atoms with E-state index in [1.165, 1.54) is 0 Å². The number of ether oxygens (including phenoxy) is 1. The van der Waals surface area contributed by atoms with Crippen LogP contribution in [0.15, 0.2) is 40.0 Å². The van der Waals surface area contributed by atoms with E-state index in [1.807, 2.05) is 40.8 Å². The Kier molecular flexibility index (Phi) is 4.39.